The van der Waals surface area contributed by atoms with Crippen molar-refractivity contribution in [3.05, 3.63) is 96.8 Å². The molecule has 0 bridgehead atoms. The number of carbonyl (C=O) groups is 3. The Labute approximate surface area is 236 Å². The van der Waals surface area contributed by atoms with Gasteiger partial charge in [-0.05, 0) is 81.6 Å². The average Bonchev–Trinajstić information content (AvgIpc) is 3.15. The third kappa shape index (κ3) is 6.84. The summed E-state index contributed by atoms with van der Waals surface area (Å²) in [4.78, 5) is 49.5. The van der Waals surface area contributed by atoms with E-state index in [-0.39, 0.29) is 29.7 Å². The summed E-state index contributed by atoms with van der Waals surface area (Å²) in [7, 11) is 1.45. The number of nitrogens with zero attached hydrogens (tertiary/aromatic N) is 2. The normalized spacial score (nSPS) is 14.0. The molecule has 1 N–H and O–H groups in total. The number of anilines is 1. The number of ether oxygens (including phenoxy) is 2. The van der Waals surface area contributed by atoms with Crippen LogP contribution >= 0.6 is 27.7 Å². The van der Waals surface area contributed by atoms with Crippen molar-refractivity contribution < 1.29 is 28.8 Å². The molecular weight excluding hydrogens is 590 g/mol. The number of benzene rings is 3. The van der Waals surface area contributed by atoms with Crippen LogP contribution in [-0.4, -0.2) is 40.6 Å². The van der Waals surface area contributed by atoms with Crippen molar-refractivity contribution in [1.82, 2.24) is 4.90 Å². The van der Waals surface area contributed by atoms with E-state index in [4.69, 9.17) is 9.47 Å². The molecule has 10 nitrogen and oxygen atoms in total. The zero-order valence-electron chi connectivity index (χ0n) is 20.8. The number of nitrogens with one attached hydrogen (secondary N) is 1. The molecule has 3 aromatic rings. The molecule has 4 rings (SSSR count). The third-order valence-electron chi connectivity index (χ3n) is 5.56. The predicted molar refractivity (Wildman–Crippen MR) is 151 cm³/mol. The van der Waals surface area contributed by atoms with Gasteiger partial charge in [0.15, 0.2) is 18.1 Å². The molecular formula is C27H22BrN3O7S. The molecule has 0 atom stereocenters. The summed E-state index contributed by atoms with van der Waals surface area (Å²) in [6, 6.07) is 16.4. The Morgan fingerprint density at radius 2 is 1.90 bits per heavy atom. The summed E-state index contributed by atoms with van der Waals surface area (Å²) >= 11 is 4.22. The van der Waals surface area contributed by atoms with E-state index in [9.17, 15) is 24.5 Å². The highest BCUT2D eigenvalue weighted by atomic mass is 79.9. The first-order valence-corrected chi connectivity index (χ1v) is 13.1. The summed E-state index contributed by atoms with van der Waals surface area (Å²) < 4.78 is 11.6. The maximum absolute atomic E-state index is 13.0. The fourth-order valence-corrected chi connectivity index (χ4v) is 5.13. The molecule has 0 aromatic heterocycles. The van der Waals surface area contributed by atoms with Gasteiger partial charge in [0.05, 0.1) is 28.0 Å². The Kier molecular flexibility index (Phi) is 8.67. The number of hydrogen-bond donors (Lipinski definition) is 1. The van der Waals surface area contributed by atoms with Gasteiger partial charge in [-0.2, -0.15) is 0 Å². The lowest BCUT2D eigenvalue weighted by Gasteiger charge is -2.14. The van der Waals surface area contributed by atoms with Crippen molar-refractivity contribution in [2.45, 2.75) is 13.5 Å². The van der Waals surface area contributed by atoms with Gasteiger partial charge < -0.3 is 14.8 Å². The zero-order valence-corrected chi connectivity index (χ0v) is 23.2. The van der Waals surface area contributed by atoms with Gasteiger partial charge in [0.2, 0.25) is 0 Å². The number of methoxy groups -OCH3 is 1. The lowest BCUT2D eigenvalue weighted by atomic mass is 10.1. The summed E-state index contributed by atoms with van der Waals surface area (Å²) in [5, 5.41) is 13.2. The molecule has 1 heterocycles. The first-order chi connectivity index (χ1) is 18.6. The first kappa shape index (κ1) is 27.9. The second kappa shape index (κ2) is 12.1. The maximum Gasteiger partial charge on any atom is 0.293 e. The number of rotatable bonds is 9. The van der Waals surface area contributed by atoms with Crippen LogP contribution in [0.2, 0.25) is 0 Å². The van der Waals surface area contributed by atoms with Gasteiger partial charge in [0, 0.05) is 17.8 Å². The maximum atomic E-state index is 13.0. The summed E-state index contributed by atoms with van der Waals surface area (Å²) in [5.41, 5.74) is 2.75. The highest BCUT2D eigenvalue weighted by Crippen LogP contribution is 2.39. The van der Waals surface area contributed by atoms with E-state index in [1.807, 2.05) is 25.1 Å². The van der Waals surface area contributed by atoms with Crippen LogP contribution in [0, 0.1) is 17.0 Å². The van der Waals surface area contributed by atoms with E-state index in [1.54, 1.807) is 24.3 Å². The van der Waals surface area contributed by atoms with Crippen molar-refractivity contribution in [3.8, 4) is 11.5 Å². The molecule has 0 unspecified atom stereocenters. The quantitative estimate of drug-likeness (QED) is 0.179. The van der Waals surface area contributed by atoms with Crippen LogP contribution in [0.25, 0.3) is 6.08 Å². The molecule has 0 spiro atoms. The monoisotopic (exact) mass is 611 g/mol. The van der Waals surface area contributed by atoms with E-state index >= 15 is 0 Å². The van der Waals surface area contributed by atoms with Gasteiger partial charge in [-0.25, -0.2) is 0 Å². The molecule has 0 radical (unpaired) electrons. The summed E-state index contributed by atoms with van der Waals surface area (Å²) in [5.74, 6) is -0.198. The van der Waals surface area contributed by atoms with E-state index in [2.05, 4.69) is 21.2 Å². The van der Waals surface area contributed by atoms with Gasteiger partial charge in [0.1, 0.15) is 0 Å². The first-order valence-electron chi connectivity index (χ1n) is 11.5. The highest BCUT2D eigenvalue weighted by molar-refractivity contribution is 9.10. The predicted octanol–water partition coefficient (Wildman–Crippen LogP) is 5.93. The van der Waals surface area contributed by atoms with Gasteiger partial charge in [-0.3, -0.25) is 29.4 Å². The Morgan fingerprint density at radius 1 is 1.15 bits per heavy atom. The van der Waals surface area contributed by atoms with Crippen molar-refractivity contribution in [3.63, 3.8) is 0 Å². The Bertz CT molecular complexity index is 1490. The Morgan fingerprint density at radius 3 is 2.56 bits per heavy atom. The molecule has 200 valence electrons. The van der Waals surface area contributed by atoms with Crippen molar-refractivity contribution in [2.75, 3.05) is 19.0 Å². The number of amides is 3. The standard InChI is InChI=1S/C27H22BrN3O7S/c1-16-4-3-5-19(10-16)29-24(32)15-38-25-21(28)11-18(12-22(25)37-2)13-23-26(33)30(27(34)39-23)14-17-6-8-20(9-7-17)31(35)36/h3-13H,14-15H2,1-2H3,(H,29,32)/b23-13-. The van der Waals surface area contributed by atoms with E-state index in [0.29, 0.717) is 32.8 Å². The lowest BCUT2D eigenvalue weighted by Crippen LogP contribution is -2.27. The fourth-order valence-electron chi connectivity index (χ4n) is 3.71. The summed E-state index contributed by atoms with van der Waals surface area (Å²) in [6.07, 6.45) is 1.56. The minimum absolute atomic E-state index is 0.00952. The van der Waals surface area contributed by atoms with Gasteiger partial charge >= 0.3 is 0 Å². The number of nitro groups is 1. The van der Waals surface area contributed by atoms with E-state index < -0.39 is 16.1 Å². The van der Waals surface area contributed by atoms with Gasteiger partial charge in [0.25, 0.3) is 22.7 Å². The van der Waals surface area contributed by atoms with E-state index in [0.717, 1.165) is 22.2 Å². The fraction of sp³-hybridized carbons (Fsp3) is 0.148. The van der Waals surface area contributed by atoms with Crippen LogP contribution in [-0.2, 0) is 16.1 Å². The molecule has 3 aromatic carbocycles. The molecule has 1 saturated heterocycles. The number of non-ortho nitro benzene ring substituents is 1. The largest absolute Gasteiger partial charge is 0.493 e. The number of halogens is 1. The zero-order chi connectivity index (χ0) is 28.1. The third-order valence-corrected chi connectivity index (χ3v) is 7.06. The van der Waals surface area contributed by atoms with Crippen LogP contribution < -0.4 is 14.8 Å². The van der Waals surface area contributed by atoms with Crippen molar-refractivity contribution in [2.24, 2.45) is 0 Å². The number of nitro benzene ring substituents is 1. The second-order valence-corrected chi connectivity index (χ2v) is 10.3. The molecule has 1 fully saturated rings. The molecule has 12 heteroatoms. The molecule has 0 aliphatic carbocycles. The van der Waals surface area contributed by atoms with Crippen LogP contribution in [0.1, 0.15) is 16.7 Å². The van der Waals surface area contributed by atoms with Gasteiger partial charge in [-0.15, -0.1) is 0 Å². The number of imide groups is 1. The Hall–Kier alpha value is -4.16. The molecule has 39 heavy (non-hydrogen) atoms. The minimum atomic E-state index is -0.518. The molecule has 1 aliphatic heterocycles. The highest BCUT2D eigenvalue weighted by Gasteiger charge is 2.35. The molecule has 3 amide bonds. The topological polar surface area (TPSA) is 128 Å². The smallest absolute Gasteiger partial charge is 0.293 e. The Balaban J connectivity index is 1.45. The van der Waals surface area contributed by atoms with Gasteiger partial charge in [-0.1, -0.05) is 24.3 Å². The number of carbonyl (C=O) groups excluding carboxylic acids is 3. The number of aryl methyl sites for hydroxylation is 1. The summed E-state index contributed by atoms with van der Waals surface area (Å²) in [6.45, 7) is 1.66. The van der Waals surface area contributed by atoms with Crippen LogP contribution in [0.5, 0.6) is 11.5 Å². The van der Waals surface area contributed by atoms with E-state index in [1.165, 1.54) is 31.4 Å². The molecule has 0 saturated carbocycles. The number of hydrogen-bond acceptors (Lipinski definition) is 8. The second-order valence-electron chi connectivity index (χ2n) is 8.43. The average molecular weight is 612 g/mol. The van der Waals surface area contributed by atoms with Crippen LogP contribution in [0.15, 0.2) is 70.0 Å². The SMILES string of the molecule is COc1cc(/C=C2\SC(=O)N(Cc3ccc([N+](=O)[O-])cc3)C2=O)cc(Br)c1OCC(=O)Nc1cccc(C)c1. The molecule has 1 aliphatic rings. The van der Waals surface area contributed by atoms with Crippen molar-refractivity contribution >= 4 is 62.2 Å². The van der Waals surface area contributed by atoms with Crippen LogP contribution in [0.3, 0.4) is 0 Å². The lowest BCUT2D eigenvalue weighted by molar-refractivity contribution is -0.384. The minimum Gasteiger partial charge on any atom is -0.493 e. The van der Waals surface area contributed by atoms with Crippen LogP contribution in [0.4, 0.5) is 16.2 Å². The number of thioether (sulfide) groups is 1. The van der Waals surface area contributed by atoms with Crippen molar-refractivity contribution in [1.29, 1.82) is 0 Å².